The number of amides is 3. The lowest BCUT2D eigenvalue weighted by molar-refractivity contribution is -0.158. The van der Waals surface area contributed by atoms with E-state index in [2.05, 4.69) is 17.2 Å². The van der Waals surface area contributed by atoms with Crippen molar-refractivity contribution in [2.45, 2.75) is 12.5 Å². The van der Waals surface area contributed by atoms with E-state index in [0.29, 0.717) is 23.5 Å². The Morgan fingerprint density at radius 3 is 2.47 bits per heavy atom. The number of carbonyl (C=O) groups excluding carboxylic acids is 3. The molecule has 2 rings (SSSR count). The molecule has 1 atom stereocenters. The van der Waals surface area contributed by atoms with E-state index in [0.717, 1.165) is 5.56 Å². The molecule has 8 heteroatoms. The predicted octanol–water partition coefficient (Wildman–Crippen LogP) is 2.54. The summed E-state index contributed by atoms with van der Waals surface area (Å²) in [5, 5.41) is 4.38. The molecule has 0 radical (unpaired) electrons. The van der Waals surface area contributed by atoms with Crippen LogP contribution >= 0.6 is 0 Å². The minimum absolute atomic E-state index is 0.355. The highest BCUT2D eigenvalue weighted by molar-refractivity contribution is 5.97. The molecule has 30 heavy (non-hydrogen) atoms. The van der Waals surface area contributed by atoms with E-state index in [-0.39, 0.29) is 0 Å². The molecule has 8 nitrogen and oxygen atoms in total. The van der Waals surface area contributed by atoms with Crippen LogP contribution in [0.5, 0.6) is 11.5 Å². The average molecular weight is 412 g/mol. The summed E-state index contributed by atoms with van der Waals surface area (Å²) < 4.78 is 16.1. The van der Waals surface area contributed by atoms with Crippen molar-refractivity contribution in [1.82, 2.24) is 10.6 Å². The van der Waals surface area contributed by atoms with Crippen LogP contribution < -0.4 is 20.1 Å². The second-order valence-electron chi connectivity index (χ2n) is 6.12. The lowest BCUT2D eigenvalue weighted by atomic mass is 10.1. The van der Waals surface area contributed by atoms with Crippen molar-refractivity contribution < 1.29 is 28.6 Å². The first kappa shape index (κ1) is 22.5. The van der Waals surface area contributed by atoms with Gasteiger partial charge in [-0.25, -0.2) is 9.59 Å². The number of urea groups is 1. The van der Waals surface area contributed by atoms with Gasteiger partial charge in [0.1, 0.15) is 0 Å². The summed E-state index contributed by atoms with van der Waals surface area (Å²) in [6.45, 7) is 3.24. The van der Waals surface area contributed by atoms with E-state index in [1.165, 1.54) is 14.2 Å². The number of hydrogen-bond acceptors (Lipinski definition) is 6. The Hall–Kier alpha value is -3.81. The van der Waals surface area contributed by atoms with E-state index in [1.807, 2.05) is 6.07 Å². The molecule has 0 aromatic heterocycles. The molecule has 158 valence electrons. The van der Waals surface area contributed by atoms with Gasteiger partial charge >= 0.3 is 12.0 Å². The Kier molecular flexibility index (Phi) is 8.43. The van der Waals surface area contributed by atoms with Crippen molar-refractivity contribution >= 4 is 17.9 Å². The first-order chi connectivity index (χ1) is 14.5. The Morgan fingerprint density at radius 1 is 1.10 bits per heavy atom. The minimum atomic E-state index is -1.31. The molecule has 0 saturated heterocycles. The quantitative estimate of drug-likeness (QED) is 0.485. The van der Waals surface area contributed by atoms with Crippen LogP contribution in [0.2, 0.25) is 0 Å². The highest BCUT2D eigenvalue weighted by Gasteiger charge is 2.26. The molecular weight excluding hydrogens is 388 g/mol. The van der Waals surface area contributed by atoms with Crippen LogP contribution in [0.4, 0.5) is 4.79 Å². The first-order valence-corrected chi connectivity index (χ1v) is 9.16. The first-order valence-electron chi connectivity index (χ1n) is 9.16. The van der Waals surface area contributed by atoms with E-state index in [4.69, 9.17) is 14.2 Å². The van der Waals surface area contributed by atoms with Gasteiger partial charge in [0.25, 0.3) is 5.91 Å². The summed E-state index contributed by atoms with van der Waals surface area (Å²) in [5.41, 5.74) is 1.39. The number of nitrogens with one attached hydrogen (secondary N) is 2. The molecule has 0 saturated carbocycles. The summed E-state index contributed by atoms with van der Waals surface area (Å²) in [5.74, 6) is -0.749. The Morgan fingerprint density at radius 2 is 1.83 bits per heavy atom. The third-order valence-electron chi connectivity index (χ3n) is 4.01. The second-order valence-corrected chi connectivity index (χ2v) is 6.12. The Balaban J connectivity index is 2.08. The van der Waals surface area contributed by atoms with Gasteiger partial charge in [-0.15, -0.1) is 6.58 Å². The highest BCUT2D eigenvalue weighted by Crippen LogP contribution is 2.28. The fourth-order valence-electron chi connectivity index (χ4n) is 2.57. The Bertz CT molecular complexity index is 898. The predicted molar refractivity (Wildman–Crippen MR) is 110 cm³/mol. The third kappa shape index (κ3) is 6.37. The fourth-order valence-corrected chi connectivity index (χ4v) is 2.57. The van der Waals surface area contributed by atoms with Crippen molar-refractivity contribution in [3.05, 3.63) is 72.3 Å². The summed E-state index contributed by atoms with van der Waals surface area (Å²) in [6.07, 6.45) is 1.12. The molecule has 0 fully saturated rings. The number of imide groups is 1. The normalized spacial score (nSPS) is 11.0. The lowest BCUT2D eigenvalue weighted by Crippen LogP contribution is -2.41. The van der Waals surface area contributed by atoms with Crippen LogP contribution in [0.15, 0.2) is 61.2 Å². The third-order valence-corrected chi connectivity index (χ3v) is 4.01. The van der Waals surface area contributed by atoms with Crippen LogP contribution in [0.1, 0.15) is 17.2 Å². The Labute approximate surface area is 174 Å². The van der Waals surface area contributed by atoms with Gasteiger partial charge in [-0.05, 0) is 24.1 Å². The summed E-state index contributed by atoms with van der Waals surface area (Å²) in [4.78, 5) is 36.2. The van der Waals surface area contributed by atoms with Gasteiger partial charge in [0.15, 0.2) is 18.1 Å². The maximum absolute atomic E-state index is 12.4. The monoisotopic (exact) mass is 412 g/mol. The van der Waals surface area contributed by atoms with Gasteiger partial charge in [0.05, 0.1) is 7.11 Å². The second kappa shape index (κ2) is 11.3. The van der Waals surface area contributed by atoms with Crippen LogP contribution in [-0.4, -0.2) is 38.7 Å². The average Bonchev–Trinajstić information content (AvgIpc) is 2.77. The number of allylic oxidation sites excluding steroid dienone is 1. The maximum Gasteiger partial charge on any atom is 0.345 e. The van der Waals surface area contributed by atoms with Crippen molar-refractivity contribution in [3.8, 4) is 11.5 Å². The van der Waals surface area contributed by atoms with Gasteiger partial charge in [-0.2, -0.15) is 0 Å². The molecule has 0 bridgehead atoms. The standard InChI is InChI=1S/C22H24N2O6/c1-4-8-15-11-12-17(18(13-15)28-3)29-14-19(25)30-20(16-9-6-5-7-10-16)21(26)24-22(27)23-2/h4-7,9-13,20H,1,8,14H2,2-3H3,(H2,23,24,26,27)/t20-/m1/s1. The van der Waals surface area contributed by atoms with Gasteiger partial charge in [0, 0.05) is 12.6 Å². The number of carbonyl (C=O) groups is 3. The zero-order chi connectivity index (χ0) is 21.9. The molecule has 0 aliphatic carbocycles. The zero-order valence-electron chi connectivity index (χ0n) is 16.8. The van der Waals surface area contributed by atoms with E-state index < -0.39 is 30.6 Å². The molecule has 0 aliphatic heterocycles. The van der Waals surface area contributed by atoms with Crippen molar-refractivity contribution in [2.75, 3.05) is 20.8 Å². The van der Waals surface area contributed by atoms with Crippen LogP contribution in [0.25, 0.3) is 0 Å². The van der Waals surface area contributed by atoms with Gasteiger partial charge in [0.2, 0.25) is 6.10 Å². The summed E-state index contributed by atoms with van der Waals surface area (Å²) >= 11 is 0. The molecule has 0 unspecified atom stereocenters. The number of benzene rings is 2. The summed E-state index contributed by atoms with van der Waals surface area (Å²) in [6, 6.07) is 12.9. The molecule has 0 heterocycles. The molecule has 2 aromatic carbocycles. The molecular formula is C22H24N2O6. The fraction of sp³-hybridized carbons (Fsp3) is 0.227. The molecule has 2 aromatic rings. The number of methoxy groups -OCH3 is 1. The van der Waals surface area contributed by atoms with Crippen LogP contribution in [0, 0.1) is 0 Å². The number of ether oxygens (including phenoxy) is 3. The van der Waals surface area contributed by atoms with Crippen LogP contribution in [0.3, 0.4) is 0 Å². The maximum atomic E-state index is 12.4. The number of esters is 1. The molecule has 3 amide bonds. The minimum Gasteiger partial charge on any atom is -0.493 e. The van der Waals surface area contributed by atoms with Crippen molar-refractivity contribution in [3.63, 3.8) is 0 Å². The van der Waals surface area contributed by atoms with E-state index in [1.54, 1.807) is 48.5 Å². The zero-order valence-corrected chi connectivity index (χ0v) is 16.8. The van der Waals surface area contributed by atoms with Crippen LogP contribution in [-0.2, 0) is 20.7 Å². The molecule has 0 aliphatic rings. The van der Waals surface area contributed by atoms with E-state index in [9.17, 15) is 14.4 Å². The smallest absolute Gasteiger partial charge is 0.345 e. The number of hydrogen-bond donors (Lipinski definition) is 2. The molecule has 2 N–H and O–H groups in total. The van der Waals surface area contributed by atoms with Gasteiger partial charge in [-0.1, -0.05) is 42.5 Å². The van der Waals surface area contributed by atoms with E-state index >= 15 is 0 Å². The highest BCUT2D eigenvalue weighted by atomic mass is 16.6. The topological polar surface area (TPSA) is 103 Å². The van der Waals surface area contributed by atoms with Gasteiger partial charge in [-0.3, -0.25) is 10.1 Å². The SMILES string of the molecule is C=CCc1ccc(OCC(=O)O[C@@H](C(=O)NC(=O)NC)c2ccccc2)c(OC)c1. The summed E-state index contributed by atoms with van der Waals surface area (Å²) in [7, 11) is 2.86. The van der Waals surface area contributed by atoms with Gasteiger partial charge < -0.3 is 19.5 Å². The lowest BCUT2D eigenvalue weighted by Gasteiger charge is -2.18. The number of rotatable bonds is 9. The van der Waals surface area contributed by atoms with Crippen molar-refractivity contribution in [2.24, 2.45) is 0 Å². The molecule has 0 spiro atoms. The van der Waals surface area contributed by atoms with Crippen molar-refractivity contribution in [1.29, 1.82) is 0 Å². The largest absolute Gasteiger partial charge is 0.493 e.